The van der Waals surface area contributed by atoms with Crippen LogP contribution in [0.15, 0.2) is 0 Å². The zero-order valence-electron chi connectivity index (χ0n) is 22.7. The summed E-state index contributed by atoms with van der Waals surface area (Å²) in [7, 11) is 0. The Labute approximate surface area is 210 Å². The fraction of sp³-hybridized carbons (Fsp3) is 0.926. The van der Waals surface area contributed by atoms with E-state index in [1.807, 2.05) is 0 Å². The summed E-state index contributed by atoms with van der Waals surface area (Å²) in [6, 6.07) is 0. The first-order chi connectivity index (χ1) is 14.5. The molecule has 0 aromatic rings. The Morgan fingerprint density at radius 3 is 1.03 bits per heavy atom. The van der Waals surface area contributed by atoms with E-state index in [2.05, 4.69) is 55.4 Å². The predicted octanol–water partition coefficient (Wildman–Crippen LogP) is 8.53. The molecule has 190 valence electrons. The summed E-state index contributed by atoms with van der Waals surface area (Å²) in [5.41, 5.74) is 0. The van der Waals surface area contributed by atoms with E-state index in [4.69, 9.17) is 13.5 Å². The number of unbranched alkanes of at least 4 members (excludes halogenated alkanes) is 6. The van der Waals surface area contributed by atoms with Crippen molar-refractivity contribution in [1.29, 1.82) is 0 Å². The minimum atomic E-state index is -0.167. The quantitative estimate of drug-likeness (QED) is 0.158. The average Bonchev–Trinajstić information content (AvgIpc) is 2.67. The molecule has 0 bridgehead atoms. The molecule has 0 heterocycles. The molecule has 2 N–H and O–H groups in total. The van der Waals surface area contributed by atoms with Gasteiger partial charge in [0.15, 0.2) is 0 Å². The molecule has 0 saturated heterocycles. The van der Waals surface area contributed by atoms with Crippen LogP contribution in [0.4, 0.5) is 0 Å². The third kappa shape index (κ3) is 91.1. The summed E-state index contributed by atoms with van der Waals surface area (Å²) < 4.78 is 8.25. The van der Waals surface area contributed by atoms with Gasteiger partial charge >= 0.3 is 23.7 Å². The molecular formula is C27H60O3Ti. The van der Waals surface area contributed by atoms with Crippen LogP contribution < -0.4 is 0 Å². The summed E-state index contributed by atoms with van der Waals surface area (Å²) >= 11 is 0.750. The molecule has 3 nitrogen and oxygen atoms in total. The van der Waals surface area contributed by atoms with Crippen molar-refractivity contribution in [2.75, 3.05) is 6.61 Å². The summed E-state index contributed by atoms with van der Waals surface area (Å²) in [4.78, 5) is 0. The second-order valence-electron chi connectivity index (χ2n) is 9.55. The number of rotatable bonds is 13. The van der Waals surface area contributed by atoms with Crippen molar-refractivity contribution in [3.63, 3.8) is 0 Å². The molecule has 0 fully saturated rings. The molecule has 0 rings (SSSR count). The van der Waals surface area contributed by atoms with Crippen LogP contribution in [0.3, 0.4) is 0 Å². The number of hydrogen-bond acceptors (Lipinski definition) is 3. The molecule has 0 saturated carbocycles. The molecule has 0 atom stereocenters. The Morgan fingerprint density at radius 1 is 0.581 bits per heavy atom. The normalized spacial score (nSPS) is 9.87. The topological polar surface area (TPSA) is 57.5 Å². The molecule has 0 unspecified atom stereocenters. The number of hydrogen-bond donors (Lipinski definition) is 2. The van der Waals surface area contributed by atoms with Gasteiger partial charge in [0.2, 0.25) is 0 Å². The van der Waals surface area contributed by atoms with Crippen molar-refractivity contribution in [1.82, 2.24) is 0 Å². The van der Waals surface area contributed by atoms with Crippen molar-refractivity contribution in [2.24, 2.45) is 17.8 Å². The Bertz CT molecular complexity index is 240. The summed E-state index contributed by atoms with van der Waals surface area (Å²) in [5, 5.41) is 16.5. The predicted molar refractivity (Wildman–Crippen MR) is 136 cm³/mol. The van der Waals surface area contributed by atoms with Crippen LogP contribution >= 0.6 is 0 Å². The van der Waals surface area contributed by atoms with Crippen molar-refractivity contribution < 1.29 is 33.9 Å². The van der Waals surface area contributed by atoms with Gasteiger partial charge in [-0.3, -0.25) is 0 Å². The first-order valence-corrected chi connectivity index (χ1v) is 13.3. The molecule has 0 spiro atoms. The van der Waals surface area contributed by atoms with E-state index in [-0.39, 0.29) is 6.10 Å². The molecule has 0 aliphatic heterocycles. The average molecular weight is 481 g/mol. The first-order valence-electron chi connectivity index (χ1n) is 12.6. The summed E-state index contributed by atoms with van der Waals surface area (Å²) in [6.45, 7) is 24.9. The first kappa shape index (κ1) is 41.7. The van der Waals surface area contributed by atoms with Crippen LogP contribution in [0.2, 0.25) is 0 Å². The summed E-state index contributed by atoms with van der Waals surface area (Å²) in [5.74, 6) is 2.58. The van der Waals surface area contributed by atoms with E-state index in [0.29, 0.717) is 6.61 Å². The van der Waals surface area contributed by atoms with Gasteiger partial charge in [-0.2, -0.15) is 12.8 Å². The molecule has 31 heavy (non-hydrogen) atoms. The van der Waals surface area contributed by atoms with Crippen molar-refractivity contribution in [3.05, 3.63) is 13.8 Å². The second-order valence-corrected chi connectivity index (χ2v) is 9.55. The van der Waals surface area contributed by atoms with Gasteiger partial charge in [0.25, 0.3) is 0 Å². The molecule has 0 aromatic heterocycles. The minimum absolute atomic E-state index is 0.167. The molecule has 0 radical (unpaired) electrons. The van der Waals surface area contributed by atoms with E-state index in [1.54, 1.807) is 13.8 Å². The van der Waals surface area contributed by atoms with Crippen molar-refractivity contribution >= 4 is 0 Å². The fourth-order valence-electron chi connectivity index (χ4n) is 2.30. The monoisotopic (exact) mass is 480 g/mol. The van der Waals surface area contributed by atoms with Crippen molar-refractivity contribution in [3.8, 4) is 0 Å². The Kier molecular flexibility index (Phi) is 54.8. The van der Waals surface area contributed by atoms with Crippen LogP contribution in [0.1, 0.15) is 132 Å². The Balaban J connectivity index is -0.0000000969. The zero-order valence-corrected chi connectivity index (χ0v) is 24.3. The van der Waals surface area contributed by atoms with Gasteiger partial charge in [0, 0.05) is 12.7 Å². The van der Waals surface area contributed by atoms with Gasteiger partial charge < -0.3 is 24.1 Å². The van der Waals surface area contributed by atoms with Gasteiger partial charge in [0.1, 0.15) is 0 Å². The number of aliphatic hydroxyl groups excluding tert-OH is 2. The van der Waals surface area contributed by atoms with Gasteiger partial charge in [0.05, 0.1) is 0 Å². The van der Waals surface area contributed by atoms with E-state index < -0.39 is 0 Å². The SMILES string of the molecule is CC(C)CCCCCO.CC(C)O.[CH2-]CCCCC(C)C.[CH2-]CCCCC(C)C.[O]=[Ti+2]. The van der Waals surface area contributed by atoms with Gasteiger partial charge in [-0.05, 0) is 38.0 Å². The van der Waals surface area contributed by atoms with Crippen LogP contribution in [-0.2, 0) is 23.7 Å². The maximum atomic E-state index is 8.43. The second kappa shape index (κ2) is 40.8. The molecule has 0 aliphatic carbocycles. The molecular weight excluding hydrogens is 420 g/mol. The number of aliphatic hydroxyl groups is 2. The Hall–Kier alpha value is 0.434. The van der Waals surface area contributed by atoms with Gasteiger partial charge in [-0.25, -0.2) is 0 Å². The van der Waals surface area contributed by atoms with Crippen LogP contribution in [-0.4, -0.2) is 22.9 Å². The van der Waals surface area contributed by atoms with E-state index in [1.165, 1.54) is 57.8 Å². The Morgan fingerprint density at radius 2 is 0.839 bits per heavy atom. The zero-order chi connectivity index (χ0) is 25.5. The third-order valence-corrected chi connectivity index (χ3v) is 4.00. The molecule has 4 heteroatoms. The maximum absolute atomic E-state index is 8.43. The molecule has 0 aliphatic rings. The molecule has 0 amide bonds. The standard InChI is InChI=1S/C8H18O.2C8H17.C3H8O.O.Ti/c1-8(2)6-4-3-5-7-9;2*1-4-5-6-7-8(2)3;1-3(2)4;;/h8-9H,3-7H2,1-2H3;2*8H,1,4-7H2,2-3H3;3-4H,1-2H3;;/q;2*-1;;;+2. The third-order valence-electron chi connectivity index (χ3n) is 4.00. The van der Waals surface area contributed by atoms with E-state index in [0.717, 1.165) is 57.4 Å². The summed E-state index contributed by atoms with van der Waals surface area (Å²) in [6.07, 6.45) is 14.9. The van der Waals surface area contributed by atoms with Crippen LogP contribution in [0, 0.1) is 31.6 Å². The van der Waals surface area contributed by atoms with Crippen molar-refractivity contribution in [2.45, 2.75) is 139 Å². The van der Waals surface area contributed by atoms with Gasteiger partial charge in [-0.1, -0.05) is 99.3 Å². The van der Waals surface area contributed by atoms with Crippen LogP contribution in [0.5, 0.6) is 0 Å². The van der Waals surface area contributed by atoms with E-state index >= 15 is 0 Å². The van der Waals surface area contributed by atoms with Crippen LogP contribution in [0.25, 0.3) is 0 Å². The van der Waals surface area contributed by atoms with Gasteiger partial charge in [-0.15, -0.1) is 0 Å². The van der Waals surface area contributed by atoms with E-state index in [9.17, 15) is 0 Å². The fourth-order valence-corrected chi connectivity index (χ4v) is 2.30. The molecule has 0 aromatic carbocycles.